The van der Waals surface area contributed by atoms with Crippen molar-refractivity contribution in [1.29, 1.82) is 0 Å². The van der Waals surface area contributed by atoms with Crippen molar-refractivity contribution in [2.24, 2.45) is 0 Å². The number of methoxy groups -OCH3 is 2. The summed E-state index contributed by atoms with van der Waals surface area (Å²) in [5, 5.41) is 8.80. The van der Waals surface area contributed by atoms with Crippen molar-refractivity contribution in [1.82, 2.24) is 10.1 Å². The molecule has 1 amide bonds. The molecule has 0 saturated carbocycles. The van der Waals surface area contributed by atoms with Gasteiger partial charge in [0.1, 0.15) is 0 Å². The van der Waals surface area contributed by atoms with Crippen LogP contribution < -0.4 is 14.8 Å². The molecule has 0 aliphatic rings. The summed E-state index contributed by atoms with van der Waals surface area (Å²) < 4.78 is 16.3. The van der Waals surface area contributed by atoms with Gasteiger partial charge in [-0.1, -0.05) is 41.6 Å². The molecule has 8 heteroatoms. The Labute approximate surface area is 170 Å². The molecule has 0 aliphatic heterocycles. The molecule has 0 spiro atoms. The number of anilines is 1. The second-order valence-electron chi connectivity index (χ2n) is 5.97. The summed E-state index contributed by atoms with van der Waals surface area (Å²) in [4.78, 5) is 17.7. The van der Waals surface area contributed by atoms with Crippen LogP contribution in [0.5, 0.6) is 11.5 Å². The van der Waals surface area contributed by atoms with Gasteiger partial charge in [0.15, 0.2) is 11.5 Å². The Morgan fingerprint density at radius 3 is 2.48 bits per heavy atom. The monoisotopic (exact) mass is 407 g/mol. The van der Waals surface area contributed by atoms with E-state index in [4.69, 9.17) is 14.0 Å². The number of hydrogen-bond acceptors (Lipinski definition) is 7. The predicted octanol–water partition coefficient (Wildman–Crippen LogP) is 4.73. The Bertz CT molecular complexity index is 1120. The number of nitrogens with one attached hydrogen (secondary N) is 1. The molecule has 2 aromatic heterocycles. The molecular formula is C21H17N3O4S. The van der Waals surface area contributed by atoms with Gasteiger partial charge in [0.2, 0.25) is 5.82 Å². The minimum absolute atomic E-state index is 0.240. The average molecular weight is 407 g/mol. The lowest BCUT2D eigenvalue weighted by Gasteiger charge is -2.13. The maximum atomic E-state index is 12.6. The van der Waals surface area contributed by atoms with Gasteiger partial charge in [-0.15, -0.1) is 11.3 Å². The molecule has 0 bridgehead atoms. The Morgan fingerprint density at radius 2 is 1.79 bits per heavy atom. The van der Waals surface area contributed by atoms with E-state index < -0.39 is 0 Å². The lowest BCUT2D eigenvalue weighted by atomic mass is 10.1. The van der Waals surface area contributed by atoms with Crippen LogP contribution in [0.3, 0.4) is 0 Å². The first-order chi connectivity index (χ1) is 14.2. The highest BCUT2D eigenvalue weighted by molar-refractivity contribution is 7.12. The second kappa shape index (κ2) is 8.15. The molecule has 2 aromatic carbocycles. The zero-order valence-electron chi connectivity index (χ0n) is 15.7. The fourth-order valence-electron chi connectivity index (χ4n) is 2.79. The van der Waals surface area contributed by atoms with Crippen LogP contribution in [-0.2, 0) is 0 Å². The van der Waals surface area contributed by atoms with Gasteiger partial charge in [0.25, 0.3) is 11.8 Å². The smallest absolute Gasteiger partial charge is 0.265 e. The Hall–Kier alpha value is -3.65. The fourth-order valence-corrected chi connectivity index (χ4v) is 3.41. The van der Waals surface area contributed by atoms with Gasteiger partial charge in [-0.25, -0.2) is 0 Å². The van der Waals surface area contributed by atoms with Crippen LogP contribution in [-0.4, -0.2) is 30.3 Å². The number of aromatic nitrogens is 2. The molecule has 1 N–H and O–H groups in total. The minimum Gasteiger partial charge on any atom is -0.493 e. The molecular weight excluding hydrogens is 390 g/mol. The van der Waals surface area contributed by atoms with Gasteiger partial charge in [0.05, 0.1) is 30.3 Å². The van der Waals surface area contributed by atoms with Crippen LogP contribution in [0.1, 0.15) is 9.67 Å². The number of carbonyl (C=O) groups is 1. The Balaban J connectivity index is 1.77. The largest absolute Gasteiger partial charge is 0.493 e. The summed E-state index contributed by atoms with van der Waals surface area (Å²) in [6.45, 7) is 0. The molecule has 29 heavy (non-hydrogen) atoms. The predicted molar refractivity (Wildman–Crippen MR) is 111 cm³/mol. The van der Waals surface area contributed by atoms with E-state index in [9.17, 15) is 4.79 Å². The van der Waals surface area contributed by atoms with E-state index >= 15 is 0 Å². The first kappa shape index (κ1) is 18.7. The van der Waals surface area contributed by atoms with Crippen molar-refractivity contribution in [3.8, 4) is 34.3 Å². The lowest BCUT2D eigenvalue weighted by molar-refractivity contribution is 0.103. The Morgan fingerprint density at radius 1 is 1.03 bits per heavy atom. The van der Waals surface area contributed by atoms with Crippen molar-refractivity contribution in [2.45, 2.75) is 0 Å². The van der Waals surface area contributed by atoms with Gasteiger partial charge in [-0.3, -0.25) is 4.79 Å². The van der Waals surface area contributed by atoms with Crippen molar-refractivity contribution < 1.29 is 18.8 Å². The van der Waals surface area contributed by atoms with E-state index in [1.165, 1.54) is 25.6 Å². The van der Waals surface area contributed by atoms with Crippen LogP contribution in [0.4, 0.5) is 5.69 Å². The van der Waals surface area contributed by atoms with E-state index in [1.807, 2.05) is 41.8 Å². The van der Waals surface area contributed by atoms with E-state index in [1.54, 1.807) is 18.2 Å². The van der Waals surface area contributed by atoms with Crippen LogP contribution in [0.15, 0.2) is 64.5 Å². The topological polar surface area (TPSA) is 86.5 Å². The molecule has 0 radical (unpaired) electrons. The summed E-state index contributed by atoms with van der Waals surface area (Å²) in [5.41, 5.74) is 1.83. The number of thiophene rings is 1. The van der Waals surface area contributed by atoms with Gasteiger partial charge in [-0.2, -0.15) is 4.98 Å². The molecule has 2 heterocycles. The number of nitrogens with zero attached hydrogens (tertiary/aromatic N) is 2. The summed E-state index contributed by atoms with van der Waals surface area (Å²) in [7, 11) is 3.07. The van der Waals surface area contributed by atoms with E-state index in [-0.39, 0.29) is 11.8 Å². The van der Waals surface area contributed by atoms with E-state index in [2.05, 4.69) is 15.5 Å². The Kier molecular flexibility index (Phi) is 5.26. The van der Waals surface area contributed by atoms with Crippen molar-refractivity contribution in [3.63, 3.8) is 0 Å². The molecule has 4 aromatic rings. The molecule has 146 valence electrons. The maximum absolute atomic E-state index is 12.6. The van der Waals surface area contributed by atoms with E-state index in [0.29, 0.717) is 33.5 Å². The summed E-state index contributed by atoms with van der Waals surface area (Å²) in [5.74, 6) is 1.42. The third-order valence-corrected chi connectivity index (χ3v) is 5.07. The quantitative estimate of drug-likeness (QED) is 0.497. The highest BCUT2D eigenvalue weighted by Crippen LogP contribution is 2.39. The number of rotatable bonds is 6. The molecule has 0 saturated heterocycles. The normalized spacial score (nSPS) is 10.6. The van der Waals surface area contributed by atoms with Crippen molar-refractivity contribution in [2.75, 3.05) is 19.5 Å². The van der Waals surface area contributed by atoms with Crippen LogP contribution in [0, 0.1) is 0 Å². The van der Waals surface area contributed by atoms with E-state index in [0.717, 1.165) is 5.56 Å². The molecule has 4 rings (SSSR count). The lowest BCUT2D eigenvalue weighted by Crippen LogP contribution is -2.11. The highest BCUT2D eigenvalue weighted by atomic mass is 32.1. The number of benzene rings is 2. The first-order valence-electron chi connectivity index (χ1n) is 8.70. The van der Waals surface area contributed by atoms with Gasteiger partial charge >= 0.3 is 0 Å². The zero-order chi connectivity index (χ0) is 20.2. The number of carbonyl (C=O) groups excluding carboxylic acids is 1. The highest BCUT2D eigenvalue weighted by Gasteiger charge is 2.20. The molecule has 7 nitrogen and oxygen atoms in total. The SMILES string of the molecule is COc1cc(NC(=O)c2cccs2)c(-c2nc(-c3ccccc3)no2)cc1OC. The van der Waals surface area contributed by atoms with Crippen LogP contribution in [0.2, 0.25) is 0 Å². The molecule has 0 aliphatic carbocycles. The molecule has 0 atom stereocenters. The number of ether oxygens (including phenoxy) is 2. The van der Waals surface area contributed by atoms with Crippen LogP contribution in [0.25, 0.3) is 22.8 Å². The fraction of sp³-hybridized carbons (Fsp3) is 0.0952. The standard InChI is InChI=1S/C21H17N3O4S/c1-26-16-11-14(21-23-19(24-28-21)13-7-4-3-5-8-13)15(12-17(16)27-2)22-20(25)18-9-6-10-29-18/h3-12H,1-2H3,(H,22,25). The van der Waals surface area contributed by atoms with Crippen LogP contribution >= 0.6 is 11.3 Å². The molecule has 0 fully saturated rings. The van der Waals surface area contributed by atoms with Gasteiger partial charge in [-0.05, 0) is 17.5 Å². The number of hydrogen-bond donors (Lipinski definition) is 1. The first-order valence-corrected chi connectivity index (χ1v) is 9.58. The third-order valence-electron chi connectivity index (χ3n) is 4.21. The third kappa shape index (κ3) is 3.83. The maximum Gasteiger partial charge on any atom is 0.265 e. The van der Waals surface area contributed by atoms with Gasteiger partial charge in [0, 0.05) is 11.6 Å². The van der Waals surface area contributed by atoms with Crippen molar-refractivity contribution in [3.05, 3.63) is 64.9 Å². The number of amides is 1. The molecule has 0 unspecified atom stereocenters. The summed E-state index contributed by atoms with van der Waals surface area (Å²) in [6.07, 6.45) is 0. The van der Waals surface area contributed by atoms with Gasteiger partial charge < -0.3 is 19.3 Å². The summed E-state index contributed by atoms with van der Waals surface area (Å²) >= 11 is 1.35. The second-order valence-corrected chi connectivity index (χ2v) is 6.92. The van der Waals surface area contributed by atoms with Crippen molar-refractivity contribution >= 4 is 22.9 Å². The zero-order valence-corrected chi connectivity index (χ0v) is 16.5. The summed E-state index contributed by atoms with van der Waals surface area (Å²) in [6, 6.07) is 16.4. The minimum atomic E-state index is -0.240. The average Bonchev–Trinajstić information content (AvgIpc) is 3.46.